The van der Waals surface area contributed by atoms with Gasteiger partial charge in [-0.3, -0.25) is 9.59 Å². The van der Waals surface area contributed by atoms with Gasteiger partial charge in [-0.2, -0.15) is 0 Å². The molecular weight excluding hydrogens is 343 g/mol. The van der Waals surface area contributed by atoms with Crippen LogP contribution in [0.3, 0.4) is 0 Å². The van der Waals surface area contributed by atoms with Gasteiger partial charge in [0, 0.05) is 18.7 Å². The number of carbonyl (C=O) groups excluding carboxylic acids is 2. The van der Waals surface area contributed by atoms with Crippen molar-refractivity contribution in [1.82, 2.24) is 4.90 Å². The number of nitrogens with one attached hydrogen (secondary N) is 1. The van der Waals surface area contributed by atoms with Gasteiger partial charge in [0.25, 0.3) is 0 Å². The molecule has 1 saturated carbocycles. The normalized spacial score (nSPS) is 18.1. The summed E-state index contributed by atoms with van der Waals surface area (Å²) in [6.45, 7) is 5.95. The Morgan fingerprint density at radius 2 is 1.70 bits per heavy atom. The summed E-state index contributed by atoms with van der Waals surface area (Å²) in [5, 5.41) is 2.93. The van der Waals surface area contributed by atoms with E-state index in [1.54, 1.807) is 19.2 Å². The van der Waals surface area contributed by atoms with Crippen LogP contribution >= 0.6 is 0 Å². The van der Waals surface area contributed by atoms with Crippen LogP contribution in [0, 0.1) is 32.5 Å². The SMILES string of the molecule is Cc1cc(C)c(NC(=O)CN(C)C(=O)C2CC2c2ccc(F)cc2)c(C)c1. The summed E-state index contributed by atoms with van der Waals surface area (Å²) in [5.41, 5.74) is 4.94. The first kappa shape index (κ1) is 19.1. The highest BCUT2D eigenvalue weighted by atomic mass is 19.1. The molecule has 0 aromatic heterocycles. The van der Waals surface area contributed by atoms with Gasteiger partial charge in [0.1, 0.15) is 5.82 Å². The Morgan fingerprint density at radius 3 is 2.30 bits per heavy atom. The summed E-state index contributed by atoms with van der Waals surface area (Å²) >= 11 is 0. The Bertz CT molecular complexity index is 853. The van der Waals surface area contributed by atoms with Crippen LogP contribution < -0.4 is 5.32 Å². The summed E-state index contributed by atoms with van der Waals surface area (Å²) in [4.78, 5) is 26.5. The van der Waals surface area contributed by atoms with Gasteiger partial charge >= 0.3 is 0 Å². The van der Waals surface area contributed by atoms with Crippen molar-refractivity contribution in [2.75, 3.05) is 18.9 Å². The summed E-state index contributed by atoms with van der Waals surface area (Å²) in [5.74, 6) is -0.546. The number of likely N-dealkylation sites (N-methyl/N-ethyl adjacent to an activating group) is 1. The number of hydrogen-bond acceptors (Lipinski definition) is 2. The average molecular weight is 368 g/mol. The number of carbonyl (C=O) groups is 2. The molecule has 0 radical (unpaired) electrons. The maximum Gasteiger partial charge on any atom is 0.243 e. The molecule has 1 N–H and O–H groups in total. The molecule has 1 aliphatic carbocycles. The lowest BCUT2D eigenvalue weighted by Gasteiger charge is -2.18. The van der Waals surface area contributed by atoms with Crippen LogP contribution in [0.2, 0.25) is 0 Å². The number of halogens is 1. The highest BCUT2D eigenvalue weighted by Crippen LogP contribution is 2.48. The van der Waals surface area contributed by atoms with Crippen LogP contribution in [0.15, 0.2) is 36.4 Å². The third kappa shape index (κ3) is 4.35. The Kier molecular flexibility index (Phi) is 5.31. The van der Waals surface area contributed by atoms with E-state index in [1.807, 2.05) is 32.9 Å². The van der Waals surface area contributed by atoms with Crippen molar-refractivity contribution < 1.29 is 14.0 Å². The van der Waals surface area contributed by atoms with Gasteiger partial charge in [0.2, 0.25) is 11.8 Å². The summed E-state index contributed by atoms with van der Waals surface area (Å²) in [6, 6.07) is 10.3. The largest absolute Gasteiger partial charge is 0.336 e. The molecule has 27 heavy (non-hydrogen) atoms. The lowest BCUT2D eigenvalue weighted by atomic mass is 10.1. The number of amides is 2. The van der Waals surface area contributed by atoms with E-state index >= 15 is 0 Å². The standard InChI is InChI=1S/C22H25FN2O2/c1-13-9-14(2)21(15(3)10-13)24-20(26)12-25(4)22(27)19-11-18(19)16-5-7-17(23)8-6-16/h5-10,18-19H,11-12H2,1-4H3,(H,24,26). The minimum Gasteiger partial charge on any atom is -0.336 e. The maximum absolute atomic E-state index is 13.0. The fourth-order valence-electron chi connectivity index (χ4n) is 3.68. The Balaban J connectivity index is 1.57. The van der Waals surface area contributed by atoms with Crippen LogP contribution in [0.4, 0.5) is 10.1 Å². The molecule has 4 nitrogen and oxygen atoms in total. The molecule has 2 atom stereocenters. The van der Waals surface area contributed by atoms with Crippen molar-refractivity contribution in [3.63, 3.8) is 0 Å². The van der Waals surface area contributed by atoms with Gasteiger partial charge in [-0.05, 0) is 61.9 Å². The maximum atomic E-state index is 13.0. The molecule has 0 saturated heterocycles. The number of nitrogens with zero attached hydrogens (tertiary/aromatic N) is 1. The van der Waals surface area contributed by atoms with Crippen molar-refractivity contribution in [2.24, 2.45) is 5.92 Å². The Labute approximate surface area is 159 Å². The summed E-state index contributed by atoms with van der Waals surface area (Å²) in [6.07, 6.45) is 0.743. The number of anilines is 1. The van der Waals surface area contributed by atoms with E-state index in [4.69, 9.17) is 0 Å². The van der Waals surface area contributed by atoms with Crippen LogP contribution in [-0.4, -0.2) is 30.3 Å². The third-order valence-electron chi connectivity index (χ3n) is 5.10. The minimum absolute atomic E-state index is 0.0121. The lowest BCUT2D eigenvalue weighted by Crippen LogP contribution is -2.36. The summed E-state index contributed by atoms with van der Waals surface area (Å²) in [7, 11) is 1.65. The first-order chi connectivity index (χ1) is 12.8. The molecule has 0 spiro atoms. The highest BCUT2D eigenvalue weighted by molar-refractivity contribution is 5.96. The molecule has 0 bridgehead atoms. The minimum atomic E-state index is -0.280. The first-order valence-corrected chi connectivity index (χ1v) is 9.14. The van der Waals surface area contributed by atoms with Crippen LogP contribution in [0.25, 0.3) is 0 Å². The molecule has 1 fully saturated rings. The van der Waals surface area contributed by atoms with E-state index in [2.05, 4.69) is 5.32 Å². The molecule has 3 rings (SSSR count). The number of aryl methyl sites for hydroxylation is 3. The van der Waals surface area contributed by atoms with E-state index < -0.39 is 0 Å². The molecular formula is C22H25FN2O2. The average Bonchev–Trinajstić information content (AvgIpc) is 3.38. The van der Waals surface area contributed by atoms with Gasteiger partial charge in [-0.1, -0.05) is 29.8 Å². The summed E-state index contributed by atoms with van der Waals surface area (Å²) < 4.78 is 13.0. The fourth-order valence-corrected chi connectivity index (χ4v) is 3.68. The van der Waals surface area contributed by atoms with E-state index in [0.717, 1.165) is 34.4 Å². The zero-order chi connectivity index (χ0) is 19.7. The fraction of sp³-hybridized carbons (Fsp3) is 0.364. The second-order valence-corrected chi connectivity index (χ2v) is 7.52. The molecule has 1 aliphatic rings. The van der Waals surface area contributed by atoms with E-state index in [0.29, 0.717) is 0 Å². The van der Waals surface area contributed by atoms with Crippen LogP contribution in [-0.2, 0) is 9.59 Å². The second-order valence-electron chi connectivity index (χ2n) is 7.52. The number of rotatable bonds is 5. The molecule has 142 valence electrons. The molecule has 2 aromatic carbocycles. The van der Waals surface area contributed by atoms with Gasteiger partial charge in [0.05, 0.1) is 6.54 Å². The molecule has 2 aromatic rings. The van der Waals surface area contributed by atoms with Gasteiger partial charge < -0.3 is 10.2 Å². The molecule has 2 unspecified atom stereocenters. The number of benzene rings is 2. The van der Waals surface area contributed by atoms with Crippen molar-refractivity contribution in [1.29, 1.82) is 0 Å². The molecule has 2 amide bonds. The zero-order valence-corrected chi connectivity index (χ0v) is 16.2. The van der Waals surface area contributed by atoms with Crippen molar-refractivity contribution >= 4 is 17.5 Å². The van der Waals surface area contributed by atoms with Crippen molar-refractivity contribution in [3.05, 3.63) is 64.5 Å². The van der Waals surface area contributed by atoms with Crippen molar-refractivity contribution in [2.45, 2.75) is 33.1 Å². The highest BCUT2D eigenvalue weighted by Gasteiger charge is 2.45. The predicted molar refractivity (Wildman–Crippen MR) is 104 cm³/mol. The Morgan fingerprint density at radius 1 is 1.11 bits per heavy atom. The van der Waals surface area contributed by atoms with E-state index in [-0.39, 0.29) is 36.0 Å². The molecule has 5 heteroatoms. The lowest BCUT2D eigenvalue weighted by molar-refractivity contribution is -0.134. The third-order valence-corrected chi connectivity index (χ3v) is 5.10. The molecule has 0 aliphatic heterocycles. The topological polar surface area (TPSA) is 49.4 Å². The quantitative estimate of drug-likeness (QED) is 0.869. The second kappa shape index (κ2) is 7.51. The molecule has 0 heterocycles. The zero-order valence-electron chi connectivity index (χ0n) is 16.2. The van der Waals surface area contributed by atoms with Crippen molar-refractivity contribution in [3.8, 4) is 0 Å². The van der Waals surface area contributed by atoms with E-state index in [9.17, 15) is 14.0 Å². The van der Waals surface area contributed by atoms with E-state index in [1.165, 1.54) is 17.0 Å². The van der Waals surface area contributed by atoms with Gasteiger partial charge in [-0.25, -0.2) is 4.39 Å². The Hall–Kier alpha value is -2.69. The monoisotopic (exact) mass is 368 g/mol. The smallest absolute Gasteiger partial charge is 0.243 e. The first-order valence-electron chi connectivity index (χ1n) is 9.14. The van der Waals surface area contributed by atoms with Gasteiger partial charge in [0.15, 0.2) is 0 Å². The predicted octanol–water partition coefficient (Wildman–Crippen LogP) is 3.95. The van der Waals surface area contributed by atoms with Gasteiger partial charge in [-0.15, -0.1) is 0 Å². The van der Waals surface area contributed by atoms with Crippen LogP contribution in [0.5, 0.6) is 0 Å². The number of hydrogen-bond donors (Lipinski definition) is 1. The van der Waals surface area contributed by atoms with Crippen LogP contribution in [0.1, 0.15) is 34.6 Å².